The van der Waals surface area contributed by atoms with Gasteiger partial charge in [-0.3, -0.25) is 4.99 Å². The smallest absolute Gasteiger partial charge is 0.188 e. The van der Waals surface area contributed by atoms with Gasteiger partial charge in [0, 0.05) is 12.6 Å². The molecule has 1 fully saturated rings. The third-order valence-electron chi connectivity index (χ3n) is 2.55. The van der Waals surface area contributed by atoms with Gasteiger partial charge in [0.15, 0.2) is 5.96 Å². The number of nitrogens with zero attached hydrogens (tertiary/aromatic N) is 1. The third kappa shape index (κ3) is 3.96. The SMILES string of the molecule is CCCN=C(N)NC1CCC(O)CC1. The maximum atomic E-state index is 9.31. The molecule has 4 nitrogen and oxygen atoms in total. The topological polar surface area (TPSA) is 70.6 Å². The highest BCUT2D eigenvalue weighted by molar-refractivity contribution is 5.78. The summed E-state index contributed by atoms with van der Waals surface area (Å²) >= 11 is 0. The van der Waals surface area contributed by atoms with Crippen molar-refractivity contribution in [2.45, 2.75) is 51.2 Å². The van der Waals surface area contributed by atoms with Gasteiger partial charge >= 0.3 is 0 Å². The van der Waals surface area contributed by atoms with Crippen LogP contribution in [0.4, 0.5) is 0 Å². The first-order valence-corrected chi connectivity index (χ1v) is 5.47. The van der Waals surface area contributed by atoms with Crippen LogP contribution >= 0.6 is 0 Å². The van der Waals surface area contributed by atoms with Gasteiger partial charge in [0.2, 0.25) is 0 Å². The van der Waals surface area contributed by atoms with Gasteiger partial charge in [-0.15, -0.1) is 0 Å². The number of aliphatic imine (C=N–C) groups is 1. The zero-order chi connectivity index (χ0) is 10.4. The van der Waals surface area contributed by atoms with Gasteiger partial charge < -0.3 is 16.2 Å². The fourth-order valence-corrected chi connectivity index (χ4v) is 1.71. The van der Waals surface area contributed by atoms with Crippen LogP contribution in [-0.2, 0) is 0 Å². The van der Waals surface area contributed by atoms with Crippen molar-refractivity contribution in [2.75, 3.05) is 6.54 Å². The maximum Gasteiger partial charge on any atom is 0.188 e. The van der Waals surface area contributed by atoms with Crippen LogP contribution in [-0.4, -0.2) is 29.8 Å². The Balaban J connectivity index is 2.23. The molecule has 82 valence electrons. The van der Waals surface area contributed by atoms with E-state index in [2.05, 4.69) is 17.2 Å². The highest BCUT2D eigenvalue weighted by Crippen LogP contribution is 2.17. The van der Waals surface area contributed by atoms with E-state index in [0.29, 0.717) is 12.0 Å². The summed E-state index contributed by atoms with van der Waals surface area (Å²) in [4.78, 5) is 4.18. The molecule has 1 aliphatic carbocycles. The largest absolute Gasteiger partial charge is 0.393 e. The quantitative estimate of drug-likeness (QED) is 0.460. The molecule has 1 saturated carbocycles. The lowest BCUT2D eigenvalue weighted by molar-refractivity contribution is 0.120. The Kier molecular flexibility index (Phi) is 4.73. The number of guanidine groups is 1. The van der Waals surface area contributed by atoms with Crippen molar-refractivity contribution in [3.63, 3.8) is 0 Å². The first-order valence-electron chi connectivity index (χ1n) is 5.47. The van der Waals surface area contributed by atoms with Gasteiger partial charge in [0.05, 0.1) is 6.10 Å². The number of aliphatic hydroxyl groups excluding tert-OH is 1. The average Bonchev–Trinajstić information content (AvgIpc) is 2.18. The fraction of sp³-hybridized carbons (Fsp3) is 0.900. The van der Waals surface area contributed by atoms with E-state index in [1.165, 1.54) is 0 Å². The molecular weight excluding hydrogens is 178 g/mol. The maximum absolute atomic E-state index is 9.31. The van der Waals surface area contributed by atoms with Crippen LogP contribution in [0.2, 0.25) is 0 Å². The van der Waals surface area contributed by atoms with E-state index < -0.39 is 0 Å². The van der Waals surface area contributed by atoms with Crippen molar-refractivity contribution in [3.05, 3.63) is 0 Å². The van der Waals surface area contributed by atoms with Crippen LogP contribution in [0.5, 0.6) is 0 Å². The number of nitrogens with two attached hydrogens (primary N) is 1. The summed E-state index contributed by atoms with van der Waals surface area (Å²) in [6.07, 6.45) is 4.64. The minimum atomic E-state index is -0.109. The number of nitrogens with one attached hydrogen (secondary N) is 1. The van der Waals surface area contributed by atoms with Crippen LogP contribution in [0.3, 0.4) is 0 Å². The van der Waals surface area contributed by atoms with Crippen LogP contribution in [0.25, 0.3) is 0 Å². The molecule has 0 aromatic rings. The van der Waals surface area contributed by atoms with Crippen LogP contribution in [0.1, 0.15) is 39.0 Å². The van der Waals surface area contributed by atoms with E-state index in [9.17, 15) is 5.11 Å². The predicted molar refractivity (Wildman–Crippen MR) is 58.2 cm³/mol. The predicted octanol–water partition coefficient (Wildman–Crippen LogP) is 0.604. The van der Waals surface area contributed by atoms with Crippen molar-refractivity contribution in [1.29, 1.82) is 0 Å². The Morgan fingerprint density at radius 2 is 2.07 bits per heavy atom. The molecule has 0 bridgehead atoms. The number of hydrogen-bond donors (Lipinski definition) is 3. The van der Waals surface area contributed by atoms with Gasteiger partial charge in [-0.1, -0.05) is 6.92 Å². The van der Waals surface area contributed by atoms with E-state index >= 15 is 0 Å². The molecule has 0 atom stereocenters. The Labute approximate surface area is 85.6 Å². The van der Waals surface area contributed by atoms with Crippen molar-refractivity contribution in [3.8, 4) is 0 Å². The zero-order valence-electron chi connectivity index (χ0n) is 8.87. The molecule has 0 amide bonds. The third-order valence-corrected chi connectivity index (χ3v) is 2.55. The van der Waals surface area contributed by atoms with Crippen LogP contribution < -0.4 is 11.1 Å². The Hall–Kier alpha value is -0.770. The van der Waals surface area contributed by atoms with Crippen LogP contribution in [0.15, 0.2) is 4.99 Å². The van der Waals surface area contributed by atoms with Crippen molar-refractivity contribution in [1.82, 2.24) is 5.32 Å². The van der Waals surface area contributed by atoms with Crippen LogP contribution in [0, 0.1) is 0 Å². The lowest BCUT2D eigenvalue weighted by Gasteiger charge is -2.26. The second-order valence-electron chi connectivity index (χ2n) is 3.92. The van der Waals surface area contributed by atoms with Gasteiger partial charge in [0.1, 0.15) is 0 Å². The van der Waals surface area contributed by atoms with Gasteiger partial charge in [-0.2, -0.15) is 0 Å². The van der Waals surface area contributed by atoms with Crippen molar-refractivity contribution >= 4 is 5.96 Å². The second kappa shape index (κ2) is 5.86. The molecule has 0 spiro atoms. The molecule has 0 aliphatic heterocycles. The Morgan fingerprint density at radius 3 is 2.64 bits per heavy atom. The Morgan fingerprint density at radius 1 is 1.43 bits per heavy atom. The highest BCUT2D eigenvalue weighted by Gasteiger charge is 2.19. The minimum absolute atomic E-state index is 0.109. The molecule has 1 aliphatic rings. The molecule has 0 radical (unpaired) electrons. The van der Waals surface area contributed by atoms with Crippen molar-refractivity contribution in [2.24, 2.45) is 10.7 Å². The first-order chi connectivity index (χ1) is 6.72. The molecule has 0 heterocycles. The summed E-state index contributed by atoms with van der Waals surface area (Å²) < 4.78 is 0. The van der Waals surface area contributed by atoms with Crippen molar-refractivity contribution < 1.29 is 5.11 Å². The summed E-state index contributed by atoms with van der Waals surface area (Å²) in [5.74, 6) is 0.549. The molecular formula is C10H21N3O. The monoisotopic (exact) mass is 199 g/mol. The van der Waals surface area contributed by atoms with E-state index in [1.807, 2.05) is 0 Å². The molecule has 1 rings (SSSR count). The lowest BCUT2D eigenvalue weighted by Crippen LogP contribution is -2.42. The molecule has 0 unspecified atom stereocenters. The van der Waals surface area contributed by atoms with Gasteiger partial charge in [-0.05, 0) is 32.1 Å². The summed E-state index contributed by atoms with van der Waals surface area (Å²) in [5.41, 5.74) is 5.70. The number of aliphatic hydroxyl groups is 1. The average molecular weight is 199 g/mol. The minimum Gasteiger partial charge on any atom is -0.393 e. The lowest BCUT2D eigenvalue weighted by atomic mass is 9.93. The second-order valence-corrected chi connectivity index (χ2v) is 3.92. The fourth-order valence-electron chi connectivity index (χ4n) is 1.71. The summed E-state index contributed by atoms with van der Waals surface area (Å²) in [6, 6.07) is 0.402. The highest BCUT2D eigenvalue weighted by atomic mass is 16.3. The van der Waals surface area contributed by atoms with E-state index in [4.69, 9.17) is 5.73 Å². The first kappa shape index (κ1) is 11.3. The molecule has 14 heavy (non-hydrogen) atoms. The molecule has 4 heteroatoms. The Bertz CT molecular complexity index is 186. The van der Waals surface area contributed by atoms with E-state index in [1.54, 1.807) is 0 Å². The van der Waals surface area contributed by atoms with E-state index in [0.717, 1.165) is 38.6 Å². The van der Waals surface area contributed by atoms with Gasteiger partial charge in [0.25, 0.3) is 0 Å². The van der Waals surface area contributed by atoms with Gasteiger partial charge in [-0.25, -0.2) is 0 Å². The zero-order valence-corrected chi connectivity index (χ0v) is 8.87. The standard InChI is InChI=1S/C10H21N3O/c1-2-7-12-10(11)13-8-3-5-9(14)6-4-8/h8-9,14H,2-7H2,1H3,(H3,11,12,13). The summed E-state index contributed by atoms with van der Waals surface area (Å²) in [5, 5.41) is 12.5. The molecule has 0 aromatic heterocycles. The molecule has 0 saturated heterocycles. The summed E-state index contributed by atoms with van der Waals surface area (Å²) in [7, 11) is 0. The molecule has 4 N–H and O–H groups in total. The normalized spacial score (nSPS) is 28.9. The molecule has 0 aromatic carbocycles. The summed E-state index contributed by atoms with van der Waals surface area (Å²) in [6.45, 7) is 2.86. The number of hydrogen-bond acceptors (Lipinski definition) is 2. The number of rotatable bonds is 3. The van der Waals surface area contributed by atoms with E-state index in [-0.39, 0.29) is 6.10 Å².